The smallest absolute Gasteiger partial charge is 0.0931 e. The molecule has 2 nitrogen and oxygen atoms in total. The lowest BCUT2D eigenvalue weighted by Gasteiger charge is -2.12. The average Bonchev–Trinajstić information content (AvgIpc) is 2.87. The van der Waals surface area contributed by atoms with E-state index in [1.165, 1.54) is 30.0 Å². The van der Waals surface area contributed by atoms with Crippen LogP contribution in [-0.4, -0.2) is 18.6 Å². The molecule has 0 saturated heterocycles. The van der Waals surface area contributed by atoms with Crippen LogP contribution in [0.25, 0.3) is 0 Å². The van der Waals surface area contributed by atoms with Crippen molar-refractivity contribution in [1.82, 2.24) is 10.3 Å². The first-order valence-corrected chi connectivity index (χ1v) is 6.65. The minimum absolute atomic E-state index is 0.447. The number of likely N-dealkylation sites (N-methyl/N-ethyl adjacent to an activating group) is 1. The van der Waals surface area contributed by atoms with Crippen LogP contribution in [0.15, 0.2) is 0 Å². The van der Waals surface area contributed by atoms with Crippen LogP contribution in [0.5, 0.6) is 0 Å². The highest BCUT2D eigenvalue weighted by atomic mass is 32.1. The van der Waals surface area contributed by atoms with Crippen molar-refractivity contribution < 1.29 is 0 Å². The summed E-state index contributed by atoms with van der Waals surface area (Å²) in [7, 11) is 2.05. The predicted molar refractivity (Wildman–Crippen MR) is 65.7 cm³/mol. The summed E-state index contributed by atoms with van der Waals surface area (Å²) in [5, 5.41) is 4.64. The maximum atomic E-state index is 4.68. The molecule has 1 aliphatic carbocycles. The molecule has 2 rings (SSSR count). The van der Waals surface area contributed by atoms with Gasteiger partial charge in [-0.25, -0.2) is 4.98 Å². The van der Waals surface area contributed by atoms with Crippen molar-refractivity contribution in [3.8, 4) is 0 Å². The molecule has 0 spiro atoms. The molecule has 0 radical (unpaired) electrons. The van der Waals surface area contributed by atoms with Crippen LogP contribution in [0.2, 0.25) is 0 Å². The Hall–Kier alpha value is -0.410. The van der Waals surface area contributed by atoms with E-state index in [0.717, 1.165) is 13.0 Å². The third kappa shape index (κ3) is 2.08. The zero-order valence-electron chi connectivity index (χ0n) is 9.89. The molecular formula is C12H20N2S. The molecule has 0 aliphatic heterocycles. The number of hydrogen-bond donors (Lipinski definition) is 1. The summed E-state index contributed by atoms with van der Waals surface area (Å²) in [6, 6.07) is 0. The lowest BCUT2D eigenvalue weighted by molar-refractivity contribution is 0.630. The van der Waals surface area contributed by atoms with E-state index in [4.69, 9.17) is 0 Å². The van der Waals surface area contributed by atoms with Gasteiger partial charge in [-0.3, -0.25) is 0 Å². The monoisotopic (exact) mass is 224 g/mol. The van der Waals surface area contributed by atoms with Gasteiger partial charge in [-0.1, -0.05) is 6.92 Å². The van der Waals surface area contributed by atoms with Gasteiger partial charge < -0.3 is 5.32 Å². The number of rotatable bonds is 5. The van der Waals surface area contributed by atoms with Gasteiger partial charge >= 0.3 is 0 Å². The van der Waals surface area contributed by atoms with Crippen molar-refractivity contribution in [1.29, 1.82) is 0 Å². The molecule has 3 heteroatoms. The second-order valence-corrected chi connectivity index (χ2v) is 5.67. The van der Waals surface area contributed by atoms with E-state index >= 15 is 0 Å². The van der Waals surface area contributed by atoms with Gasteiger partial charge in [-0.05, 0) is 39.7 Å². The lowest BCUT2D eigenvalue weighted by Crippen LogP contribution is -2.23. The number of nitrogens with zero attached hydrogens (tertiary/aromatic N) is 1. The molecule has 0 amide bonds. The minimum Gasteiger partial charge on any atom is -0.319 e. The van der Waals surface area contributed by atoms with E-state index < -0.39 is 0 Å². The van der Waals surface area contributed by atoms with Gasteiger partial charge in [0.15, 0.2) is 0 Å². The van der Waals surface area contributed by atoms with E-state index in [1.807, 2.05) is 18.4 Å². The van der Waals surface area contributed by atoms with Gasteiger partial charge in [-0.15, -0.1) is 11.3 Å². The summed E-state index contributed by atoms with van der Waals surface area (Å²) in [6.45, 7) is 5.50. The Morgan fingerprint density at radius 3 is 2.73 bits per heavy atom. The van der Waals surface area contributed by atoms with Gasteiger partial charge in [0.1, 0.15) is 0 Å². The normalized spacial score (nSPS) is 18.1. The third-order valence-corrected chi connectivity index (χ3v) is 4.62. The van der Waals surface area contributed by atoms with Crippen molar-refractivity contribution >= 4 is 11.3 Å². The molecular weight excluding hydrogens is 204 g/mol. The summed E-state index contributed by atoms with van der Waals surface area (Å²) in [5.41, 5.74) is 1.72. The third-order valence-electron chi connectivity index (χ3n) is 3.16. The van der Waals surface area contributed by atoms with Crippen molar-refractivity contribution in [2.75, 3.05) is 13.6 Å². The first kappa shape index (κ1) is 11.1. The van der Waals surface area contributed by atoms with E-state index in [-0.39, 0.29) is 0 Å². The Kier molecular flexibility index (Phi) is 3.12. The lowest BCUT2D eigenvalue weighted by atomic mass is 10.0. The van der Waals surface area contributed by atoms with Crippen LogP contribution < -0.4 is 5.32 Å². The Balaban J connectivity index is 2.20. The summed E-state index contributed by atoms with van der Waals surface area (Å²) in [6.07, 6.45) is 5.01. The average molecular weight is 224 g/mol. The molecule has 1 aromatic rings. The second kappa shape index (κ2) is 4.22. The van der Waals surface area contributed by atoms with Gasteiger partial charge in [0.05, 0.1) is 10.7 Å². The van der Waals surface area contributed by atoms with E-state index in [9.17, 15) is 0 Å². The summed E-state index contributed by atoms with van der Waals surface area (Å²) < 4.78 is 0. The van der Waals surface area contributed by atoms with Crippen molar-refractivity contribution in [3.63, 3.8) is 0 Å². The molecule has 0 unspecified atom stereocenters. The van der Waals surface area contributed by atoms with Crippen LogP contribution in [0.4, 0.5) is 0 Å². The van der Waals surface area contributed by atoms with Crippen molar-refractivity contribution in [2.45, 2.75) is 44.9 Å². The molecule has 0 aromatic carbocycles. The van der Waals surface area contributed by atoms with Gasteiger partial charge in [0.2, 0.25) is 0 Å². The maximum Gasteiger partial charge on any atom is 0.0931 e. The Bertz CT molecular complexity index is 339. The largest absolute Gasteiger partial charge is 0.319 e. The van der Waals surface area contributed by atoms with Crippen LogP contribution in [0, 0.1) is 6.92 Å². The Morgan fingerprint density at radius 2 is 2.20 bits per heavy atom. The molecule has 1 fully saturated rings. The molecule has 0 atom stereocenters. The standard InChI is InChI=1S/C12H20N2S/c1-4-5-10-14-9(2)11(15-10)12(6-7-12)8-13-3/h13H,4-8H2,1-3H3. The van der Waals surface area contributed by atoms with Gasteiger partial charge in [-0.2, -0.15) is 0 Å². The summed E-state index contributed by atoms with van der Waals surface area (Å²) >= 11 is 1.94. The number of aryl methyl sites for hydroxylation is 2. The molecule has 1 saturated carbocycles. The quantitative estimate of drug-likeness (QED) is 0.831. The molecule has 1 aliphatic rings. The first-order chi connectivity index (χ1) is 7.22. The zero-order valence-corrected chi connectivity index (χ0v) is 10.7. The highest BCUT2D eigenvalue weighted by molar-refractivity contribution is 7.12. The summed E-state index contributed by atoms with van der Waals surface area (Å²) in [5.74, 6) is 0. The van der Waals surface area contributed by atoms with Crippen LogP contribution in [0.1, 0.15) is 41.8 Å². The molecule has 1 N–H and O–H groups in total. The highest BCUT2D eigenvalue weighted by Gasteiger charge is 2.46. The molecule has 1 heterocycles. The minimum atomic E-state index is 0.447. The van der Waals surface area contributed by atoms with E-state index in [0.29, 0.717) is 5.41 Å². The van der Waals surface area contributed by atoms with Gasteiger partial charge in [0.25, 0.3) is 0 Å². The fourth-order valence-electron chi connectivity index (χ4n) is 2.24. The number of thiazole rings is 1. The molecule has 15 heavy (non-hydrogen) atoms. The number of nitrogens with one attached hydrogen (secondary N) is 1. The van der Waals surface area contributed by atoms with Crippen LogP contribution in [0.3, 0.4) is 0 Å². The topological polar surface area (TPSA) is 24.9 Å². The van der Waals surface area contributed by atoms with E-state index in [1.54, 1.807) is 4.88 Å². The molecule has 84 valence electrons. The van der Waals surface area contributed by atoms with Gasteiger partial charge in [0, 0.05) is 16.8 Å². The maximum absolute atomic E-state index is 4.68. The van der Waals surface area contributed by atoms with Crippen molar-refractivity contribution in [2.24, 2.45) is 0 Å². The zero-order chi connectivity index (χ0) is 10.9. The fourth-order valence-corrected chi connectivity index (χ4v) is 3.65. The van der Waals surface area contributed by atoms with E-state index in [2.05, 4.69) is 24.1 Å². The Labute approximate surface area is 96.1 Å². The predicted octanol–water partition coefficient (Wildman–Crippen LogP) is 2.66. The molecule has 1 aromatic heterocycles. The number of hydrogen-bond acceptors (Lipinski definition) is 3. The number of aromatic nitrogens is 1. The SMILES string of the molecule is CCCc1nc(C)c(C2(CNC)CC2)s1. The second-order valence-electron chi connectivity index (χ2n) is 4.58. The fraction of sp³-hybridized carbons (Fsp3) is 0.750. The van der Waals surface area contributed by atoms with Crippen LogP contribution >= 0.6 is 11.3 Å². The Morgan fingerprint density at radius 1 is 1.47 bits per heavy atom. The first-order valence-electron chi connectivity index (χ1n) is 5.83. The highest BCUT2D eigenvalue weighted by Crippen LogP contribution is 2.50. The molecule has 0 bridgehead atoms. The summed E-state index contributed by atoms with van der Waals surface area (Å²) in [4.78, 5) is 6.22. The van der Waals surface area contributed by atoms with Crippen molar-refractivity contribution in [3.05, 3.63) is 15.6 Å². The van der Waals surface area contributed by atoms with Crippen LogP contribution in [-0.2, 0) is 11.8 Å².